The lowest BCUT2D eigenvalue weighted by Crippen LogP contribution is -2.39. The van der Waals surface area contributed by atoms with Crippen LogP contribution in [0.15, 0.2) is 18.2 Å². The number of nitrogens with one attached hydrogen (secondary N) is 1. The Kier molecular flexibility index (Phi) is 4.24. The first kappa shape index (κ1) is 15.6. The fourth-order valence-electron chi connectivity index (χ4n) is 3.65. The number of aryl methyl sites for hydroxylation is 1. The molecule has 0 bridgehead atoms. The smallest absolute Gasteiger partial charge is 0.223 e. The van der Waals surface area contributed by atoms with Gasteiger partial charge in [-0.1, -0.05) is 12.1 Å². The Balaban J connectivity index is 1.52. The maximum atomic E-state index is 12.4. The highest BCUT2D eigenvalue weighted by atomic mass is 16.5. The molecule has 2 aliphatic heterocycles. The van der Waals surface area contributed by atoms with E-state index in [-0.39, 0.29) is 17.9 Å². The molecule has 3 heterocycles. The third-order valence-corrected chi connectivity index (χ3v) is 5.01. The van der Waals surface area contributed by atoms with E-state index in [0.29, 0.717) is 33.0 Å². The molecule has 128 valence electrons. The normalized spacial score (nSPS) is 21.6. The summed E-state index contributed by atoms with van der Waals surface area (Å²) in [5.74, 6) is 1.14. The second kappa shape index (κ2) is 6.53. The molecule has 1 aromatic carbocycles. The highest BCUT2D eigenvalue weighted by molar-refractivity contribution is 5.80. The van der Waals surface area contributed by atoms with E-state index in [1.807, 2.05) is 0 Å². The number of fused-ring (bicyclic) bond motifs is 3. The lowest BCUT2D eigenvalue weighted by Gasteiger charge is -2.28. The zero-order valence-electron chi connectivity index (χ0n) is 14.0. The van der Waals surface area contributed by atoms with E-state index in [9.17, 15) is 4.79 Å². The highest BCUT2D eigenvalue weighted by Crippen LogP contribution is 2.27. The maximum absolute atomic E-state index is 12.4. The molecule has 6 nitrogen and oxygen atoms in total. The van der Waals surface area contributed by atoms with Gasteiger partial charge in [-0.25, -0.2) is 4.98 Å². The molecule has 1 saturated heterocycles. The van der Waals surface area contributed by atoms with E-state index in [4.69, 9.17) is 14.5 Å². The number of hydrogen-bond acceptors (Lipinski definition) is 4. The first-order valence-corrected chi connectivity index (χ1v) is 8.63. The third-order valence-electron chi connectivity index (χ3n) is 5.01. The van der Waals surface area contributed by atoms with Crippen molar-refractivity contribution in [2.24, 2.45) is 5.92 Å². The molecular weight excluding hydrogens is 306 g/mol. The molecule has 0 aliphatic carbocycles. The fourth-order valence-corrected chi connectivity index (χ4v) is 3.65. The SMILES string of the molecule is Cc1cccc2c1nc1n2[C@@H](CNC(=O)C2CCOCC2)COC1. The average Bonchev–Trinajstić information content (AvgIpc) is 3.01. The molecule has 0 unspecified atom stereocenters. The predicted molar refractivity (Wildman–Crippen MR) is 89.7 cm³/mol. The minimum Gasteiger partial charge on any atom is -0.381 e. The number of nitrogens with zero attached hydrogens (tertiary/aromatic N) is 2. The van der Waals surface area contributed by atoms with Gasteiger partial charge in [0.25, 0.3) is 0 Å². The van der Waals surface area contributed by atoms with Crippen molar-refractivity contribution in [3.05, 3.63) is 29.6 Å². The van der Waals surface area contributed by atoms with Gasteiger partial charge < -0.3 is 19.4 Å². The molecule has 2 aliphatic rings. The van der Waals surface area contributed by atoms with Crippen LogP contribution in [0.4, 0.5) is 0 Å². The molecule has 0 spiro atoms. The molecule has 0 saturated carbocycles. The van der Waals surface area contributed by atoms with Crippen molar-refractivity contribution in [2.75, 3.05) is 26.4 Å². The predicted octanol–water partition coefficient (Wildman–Crippen LogP) is 1.96. The lowest BCUT2D eigenvalue weighted by atomic mass is 9.99. The van der Waals surface area contributed by atoms with Gasteiger partial charge in [-0.3, -0.25) is 4.79 Å². The fraction of sp³-hybridized carbons (Fsp3) is 0.556. The van der Waals surface area contributed by atoms with Crippen molar-refractivity contribution < 1.29 is 14.3 Å². The second-order valence-corrected chi connectivity index (χ2v) is 6.64. The van der Waals surface area contributed by atoms with Crippen LogP contribution in [0.1, 0.15) is 30.3 Å². The van der Waals surface area contributed by atoms with Crippen molar-refractivity contribution in [3.8, 4) is 0 Å². The van der Waals surface area contributed by atoms with Crippen LogP contribution in [-0.4, -0.2) is 41.8 Å². The van der Waals surface area contributed by atoms with Crippen molar-refractivity contribution in [1.29, 1.82) is 0 Å². The van der Waals surface area contributed by atoms with E-state index < -0.39 is 0 Å². The summed E-state index contributed by atoms with van der Waals surface area (Å²) in [5, 5.41) is 3.11. The van der Waals surface area contributed by atoms with Crippen LogP contribution >= 0.6 is 0 Å². The van der Waals surface area contributed by atoms with Gasteiger partial charge in [0.2, 0.25) is 5.91 Å². The van der Waals surface area contributed by atoms with Crippen molar-refractivity contribution in [1.82, 2.24) is 14.9 Å². The molecule has 1 fully saturated rings. The Morgan fingerprint density at radius 1 is 1.33 bits per heavy atom. The Labute approximate surface area is 141 Å². The van der Waals surface area contributed by atoms with E-state index in [1.165, 1.54) is 5.56 Å². The molecule has 1 amide bonds. The van der Waals surface area contributed by atoms with Gasteiger partial charge >= 0.3 is 0 Å². The van der Waals surface area contributed by atoms with Gasteiger partial charge in [0.05, 0.1) is 23.7 Å². The number of carbonyl (C=O) groups excluding carboxylic acids is 1. The zero-order chi connectivity index (χ0) is 16.5. The molecule has 0 radical (unpaired) electrons. The lowest BCUT2D eigenvalue weighted by molar-refractivity contribution is -0.128. The van der Waals surface area contributed by atoms with Crippen LogP contribution < -0.4 is 5.32 Å². The molecule has 1 atom stereocenters. The van der Waals surface area contributed by atoms with Crippen LogP contribution in [0, 0.1) is 12.8 Å². The standard InChI is InChI=1S/C18H23N3O3/c1-12-3-2-4-15-17(12)20-16-11-24-10-14(21(15)16)9-19-18(22)13-5-7-23-8-6-13/h2-4,13-14H,5-11H2,1H3,(H,19,22)/t14-/m0/s1. The van der Waals surface area contributed by atoms with E-state index in [0.717, 1.165) is 29.7 Å². The van der Waals surface area contributed by atoms with Crippen LogP contribution in [0.25, 0.3) is 11.0 Å². The first-order chi connectivity index (χ1) is 11.7. The summed E-state index contributed by atoms with van der Waals surface area (Å²) >= 11 is 0. The number of para-hydroxylation sites is 1. The number of hydrogen-bond donors (Lipinski definition) is 1. The first-order valence-electron chi connectivity index (χ1n) is 8.63. The summed E-state index contributed by atoms with van der Waals surface area (Å²) < 4.78 is 13.3. The Morgan fingerprint density at radius 3 is 3.00 bits per heavy atom. The summed E-state index contributed by atoms with van der Waals surface area (Å²) in [6.07, 6.45) is 1.62. The maximum Gasteiger partial charge on any atom is 0.223 e. The van der Waals surface area contributed by atoms with Crippen LogP contribution in [0.5, 0.6) is 0 Å². The third kappa shape index (κ3) is 2.80. The van der Waals surface area contributed by atoms with E-state index in [2.05, 4.69) is 35.0 Å². The molecule has 1 aromatic heterocycles. The largest absolute Gasteiger partial charge is 0.381 e. The summed E-state index contributed by atoms with van der Waals surface area (Å²) in [6.45, 7) is 5.13. The molecular formula is C18H23N3O3. The molecule has 1 N–H and O–H groups in total. The van der Waals surface area contributed by atoms with Gasteiger partial charge in [0, 0.05) is 25.7 Å². The van der Waals surface area contributed by atoms with Crippen molar-refractivity contribution in [2.45, 2.75) is 32.4 Å². The summed E-state index contributed by atoms with van der Waals surface area (Å²) in [6, 6.07) is 6.31. The molecule has 24 heavy (non-hydrogen) atoms. The number of amides is 1. The van der Waals surface area contributed by atoms with E-state index in [1.54, 1.807) is 0 Å². The monoisotopic (exact) mass is 329 g/mol. The average molecular weight is 329 g/mol. The van der Waals surface area contributed by atoms with Crippen LogP contribution in [0.2, 0.25) is 0 Å². The number of rotatable bonds is 3. The summed E-state index contributed by atoms with van der Waals surface area (Å²) in [4.78, 5) is 17.1. The van der Waals surface area contributed by atoms with Crippen molar-refractivity contribution >= 4 is 16.9 Å². The van der Waals surface area contributed by atoms with Gasteiger partial charge in [0.15, 0.2) is 0 Å². The minimum absolute atomic E-state index is 0.0736. The van der Waals surface area contributed by atoms with Crippen LogP contribution in [0.3, 0.4) is 0 Å². The number of imidazole rings is 1. The molecule has 2 aromatic rings. The highest BCUT2D eigenvalue weighted by Gasteiger charge is 2.27. The quantitative estimate of drug-likeness (QED) is 0.935. The number of aromatic nitrogens is 2. The minimum atomic E-state index is 0.0736. The summed E-state index contributed by atoms with van der Waals surface area (Å²) in [7, 11) is 0. The Hall–Kier alpha value is -1.92. The van der Waals surface area contributed by atoms with Gasteiger partial charge in [-0.05, 0) is 31.4 Å². The second-order valence-electron chi connectivity index (χ2n) is 6.64. The Bertz CT molecular complexity index is 749. The number of benzene rings is 1. The molecule has 6 heteroatoms. The zero-order valence-corrected chi connectivity index (χ0v) is 14.0. The van der Waals surface area contributed by atoms with Gasteiger partial charge in [0.1, 0.15) is 12.4 Å². The number of carbonyl (C=O) groups is 1. The number of ether oxygens (including phenoxy) is 2. The van der Waals surface area contributed by atoms with Crippen LogP contribution in [-0.2, 0) is 20.9 Å². The topological polar surface area (TPSA) is 65.4 Å². The summed E-state index contributed by atoms with van der Waals surface area (Å²) in [5.41, 5.74) is 3.32. The van der Waals surface area contributed by atoms with Gasteiger partial charge in [-0.2, -0.15) is 0 Å². The Morgan fingerprint density at radius 2 is 2.17 bits per heavy atom. The molecule has 4 rings (SSSR count). The van der Waals surface area contributed by atoms with Crippen molar-refractivity contribution in [3.63, 3.8) is 0 Å². The van der Waals surface area contributed by atoms with Gasteiger partial charge in [-0.15, -0.1) is 0 Å². The van der Waals surface area contributed by atoms with E-state index >= 15 is 0 Å².